The van der Waals surface area contributed by atoms with Crippen molar-refractivity contribution >= 4 is 6.09 Å². The standard InChI is InChI=1S/C22H23NO4/c1-22(26-2)17(13-14-18(22)24)23-19(15-9-5-3-6-10-15)20(27-21(23)25)16-11-7-4-8-12-16/h3-14,17-20,24H,1-2H3/t17-,18-,19-,20+,22+/m1/s1. The van der Waals surface area contributed by atoms with Gasteiger partial charge in [-0.25, -0.2) is 4.79 Å². The van der Waals surface area contributed by atoms with Gasteiger partial charge in [0.2, 0.25) is 0 Å². The highest BCUT2D eigenvalue weighted by Crippen LogP contribution is 2.47. The van der Waals surface area contributed by atoms with Gasteiger partial charge in [0.25, 0.3) is 0 Å². The van der Waals surface area contributed by atoms with Crippen LogP contribution in [0.15, 0.2) is 72.8 Å². The number of aliphatic hydroxyl groups is 1. The number of carbonyl (C=O) groups is 1. The van der Waals surface area contributed by atoms with Crippen molar-refractivity contribution < 1.29 is 19.4 Å². The monoisotopic (exact) mass is 365 g/mol. The first-order valence-corrected chi connectivity index (χ1v) is 9.06. The summed E-state index contributed by atoms with van der Waals surface area (Å²) in [6, 6.07) is 18.8. The largest absolute Gasteiger partial charge is 0.439 e. The van der Waals surface area contributed by atoms with Gasteiger partial charge in [0.05, 0.1) is 6.04 Å². The van der Waals surface area contributed by atoms with Crippen molar-refractivity contribution in [1.29, 1.82) is 0 Å². The molecule has 0 saturated carbocycles. The van der Waals surface area contributed by atoms with E-state index in [9.17, 15) is 9.90 Å². The Morgan fingerprint density at radius 1 is 1.00 bits per heavy atom. The topological polar surface area (TPSA) is 59.0 Å². The summed E-state index contributed by atoms with van der Waals surface area (Å²) < 4.78 is 11.5. The van der Waals surface area contributed by atoms with Crippen LogP contribution in [0, 0.1) is 0 Å². The predicted molar refractivity (Wildman–Crippen MR) is 101 cm³/mol. The molecule has 1 fully saturated rings. The van der Waals surface area contributed by atoms with Crippen LogP contribution in [0.5, 0.6) is 0 Å². The minimum atomic E-state index is -0.933. The van der Waals surface area contributed by atoms with E-state index in [0.717, 1.165) is 11.1 Å². The third-order valence-electron chi connectivity index (χ3n) is 5.68. The van der Waals surface area contributed by atoms with E-state index in [1.165, 1.54) is 0 Å². The van der Waals surface area contributed by atoms with Crippen molar-refractivity contribution in [2.45, 2.75) is 36.8 Å². The molecule has 2 aliphatic rings. The zero-order chi connectivity index (χ0) is 19.0. The van der Waals surface area contributed by atoms with Crippen molar-refractivity contribution in [3.05, 3.63) is 83.9 Å². The molecule has 5 atom stereocenters. The number of benzene rings is 2. The molecule has 0 bridgehead atoms. The van der Waals surface area contributed by atoms with Crippen LogP contribution in [0.25, 0.3) is 0 Å². The lowest BCUT2D eigenvalue weighted by molar-refractivity contribution is -0.0950. The molecule has 0 unspecified atom stereocenters. The first kappa shape index (κ1) is 17.8. The molecule has 1 saturated heterocycles. The van der Waals surface area contributed by atoms with Gasteiger partial charge in [0, 0.05) is 7.11 Å². The zero-order valence-corrected chi connectivity index (χ0v) is 15.4. The van der Waals surface area contributed by atoms with E-state index in [0.29, 0.717) is 0 Å². The first-order valence-electron chi connectivity index (χ1n) is 9.06. The van der Waals surface area contributed by atoms with Crippen molar-refractivity contribution in [1.82, 2.24) is 4.90 Å². The fourth-order valence-electron chi connectivity index (χ4n) is 4.04. The Bertz CT molecular complexity index is 838. The molecule has 2 aromatic carbocycles. The quantitative estimate of drug-likeness (QED) is 0.841. The Labute approximate surface area is 158 Å². The second-order valence-corrected chi connectivity index (χ2v) is 7.14. The number of hydrogen-bond donors (Lipinski definition) is 1. The highest BCUT2D eigenvalue weighted by Gasteiger charge is 2.54. The van der Waals surface area contributed by atoms with E-state index in [1.54, 1.807) is 18.1 Å². The number of cyclic esters (lactones) is 1. The average molecular weight is 365 g/mol. The number of nitrogens with zero attached hydrogens (tertiary/aromatic N) is 1. The van der Waals surface area contributed by atoms with E-state index in [2.05, 4.69) is 0 Å². The number of methoxy groups -OCH3 is 1. The van der Waals surface area contributed by atoms with Crippen LogP contribution in [0.4, 0.5) is 4.79 Å². The summed E-state index contributed by atoms with van der Waals surface area (Å²) in [6.07, 6.45) is 1.86. The first-order chi connectivity index (χ1) is 13.1. The maximum atomic E-state index is 13.0. The number of aliphatic hydroxyl groups excluding tert-OH is 1. The second-order valence-electron chi connectivity index (χ2n) is 7.14. The smallest absolute Gasteiger partial charge is 0.411 e. The van der Waals surface area contributed by atoms with Gasteiger partial charge in [-0.1, -0.05) is 72.8 Å². The third kappa shape index (κ3) is 2.83. The number of carbonyl (C=O) groups excluding carboxylic acids is 1. The van der Waals surface area contributed by atoms with Gasteiger partial charge in [-0.2, -0.15) is 0 Å². The minimum Gasteiger partial charge on any atom is -0.439 e. The Balaban J connectivity index is 1.80. The van der Waals surface area contributed by atoms with E-state index < -0.39 is 29.9 Å². The minimum absolute atomic E-state index is 0.324. The molecule has 1 N–H and O–H groups in total. The van der Waals surface area contributed by atoms with Crippen LogP contribution < -0.4 is 0 Å². The van der Waals surface area contributed by atoms with E-state index in [4.69, 9.17) is 9.47 Å². The van der Waals surface area contributed by atoms with Crippen LogP contribution in [-0.2, 0) is 9.47 Å². The highest BCUT2D eigenvalue weighted by atomic mass is 16.6. The summed E-state index contributed by atoms with van der Waals surface area (Å²) in [7, 11) is 1.55. The number of amides is 1. The summed E-state index contributed by atoms with van der Waals surface area (Å²) in [5.74, 6) is 0. The highest BCUT2D eigenvalue weighted by molar-refractivity contribution is 5.73. The lowest BCUT2D eigenvalue weighted by Gasteiger charge is -2.40. The maximum Gasteiger partial charge on any atom is 0.411 e. The fraction of sp³-hybridized carbons (Fsp3) is 0.318. The van der Waals surface area contributed by atoms with Crippen LogP contribution in [0.3, 0.4) is 0 Å². The summed E-state index contributed by atoms with van der Waals surface area (Å²) in [6.45, 7) is 1.81. The van der Waals surface area contributed by atoms with Gasteiger partial charge >= 0.3 is 6.09 Å². The number of rotatable bonds is 4. The molecule has 1 aliphatic heterocycles. The fourth-order valence-corrected chi connectivity index (χ4v) is 4.04. The third-order valence-corrected chi connectivity index (χ3v) is 5.68. The van der Waals surface area contributed by atoms with Crippen LogP contribution in [-0.4, -0.2) is 41.0 Å². The molecule has 0 radical (unpaired) electrons. The van der Waals surface area contributed by atoms with Crippen molar-refractivity contribution in [2.24, 2.45) is 0 Å². The molecule has 5 heteroatoms. The normalized spacial score (nSPS) is 32.7. The van der Waals surface area contributed by atoms with E-state index in [-0.39, 0.29) is 6.04 Å². The Kier molecular flexibility index (Phi) is 4.50. The van der Waals surface area contributed by atoms with Crippen LogP contribution >= 0.6 is 0 Å². The summed E-state index contributed by atoms with van der Waals surface area (Å²) in [4.78, 5) is 14.7. The SMILES string of the molecule is CO[C@]1(C)[C@H](O)C=C[C@H]1N1C(=O)O[C@@H](c2ccccc2)[C@H]1c1ccccc1. The van der Waals surface area contributed by atoms with Crippen LogP contribution in [0.1, 0.15) is 30.2 Å². The average Bonchev–Trinajstić information content (AvgIpc) is 3.20. The molecule has 2 aromatic rings. The van der Waals surface area contributed by atoms with E-state index in [1.807, 2.05) is 73.7 Å². The van der Waals surface area contributed by atoms with Gasteiger partial charge in [-0.3, -0.25) is 4.90 Å². The lowest BCUT2D eigenvalue weighted by Crippen LogP contribution is -2.54. The molecule has 1 amide bonds. The van der Waals surface area contributed by atoms with Crippen molar-refractivity contribution in [3.8, 4) is 0 Å². The van der Waals surface area contributed by atoms with Gasteiger partial charge in [-0.15, -0.1) is 0 Å². The molecule has 1 heterocycles. The van der Waals surface area contributed by atoms with Crippen molar-refractivity contribution in [2.75, 3.05) is 7.11 Å². The molecule has 5 nitrogen and oxygen atoms in total. The second kappa shape index (κ2) is 6.83. The maximum absolute atomic E-state index is 13.0. The van der Waals surface area contributed by atoms with Gasteiger partial charge < -0.3 is 14.6 Å². The van der Waals surface area contributed by atoms with Gasteiger partial charge in [0.1, 0.15) is 17.7 Å². The Morgan fingerprint density at radius 3 is 2.19 bits per heavy atom. The van der Waals surface area contributed by atoms with E-state index >= 15 is 0 Å². The molecule has 0 spiro atoms. The molecule has 1 aliphatic carbocycles. The zero-order valence-electron chi connectivity index (χ0n) is 15.4. The van der Waals surface area contributed by atoms with Gasteiger partial charge in [0.15, 0.2) is 6.10 Å². The molecule has 140 valence electrons. The molecule has 0 aromatic heterocycles. The molecule has 27 heavy (non-hydrogen) atoms. The predicted octanol–water partition coefficient (Wildman–Crippen LogP) is 3.63. The molecular weight excluding hydrogens is 342 g/mol. The Morgan fingerprint density at radius 2 is 1.59 bits per heavy atom. The number of ether oxygens (including phenoxy) is 2. The van der Waals surface area contributed by atoms with Crippen LogP contribution in [0.2, 0.25) is 0 Å². The van der Waals surface area contributed by atoms with Crippen molar-refractivity contribution in [3.63, 3.8) is 0 Å². The molecule has 4 rings (SSSR count). The molecular formula is C22H23NO4. The summed E-state index contributed by atoms with van der Waals surface area (Å²) >= 11 is 0. The summed E-state index contributed by atoms with van der Waals surface area (Å²) in [5, 5.41) is 10.4. The Hall–Kier alpha value is -2.63. The van der Waals surface area contributed by atoms with Gasteiger partial charge in [-0.05, 0) is 18.1 Å². The lowest BCUT2D eigenvalue weighted by atomic mass is 9.90. The summed E-state index contributed by atoms with van der Waals surface area (Å²) in [5.41, 5.74) is 0.978. The number of hydrogen-bond acceptors (Lipinski definition) is 4.